The van der Waals surface area contributed by atoms with Crippen molar-refractivity contribution in [3.63, 3.8) is 0 Å². The summed E-state index contributed by atoms with van der Waals surface area (Å²) in [4.78, 5) is 0. The van der Waals surface area contributed by atoms with Gasteiger partial charge in [-0.25, -0.2) is 0 Å². The number of rotatable bonds is 4. The third-order valence-electron chi connectivity index (χ3n) is 3.88. The molecule has 2 rings (SSSR count). The molecule has 2 N–H and O–H groups in total. The molecule has 1 fully saturated rings. The Labute approximate surface area is 132 Å². The minimum absolute atomic E-state index is 0.481. The zero-order chi connectivity index (χ0) is 15.1. The highest BCUT2D eigenvalue weighted by molar-refractivity contribution is 7.80. The molecule has 4 nitrogen and oxygen atoms in total. The number of nitrogens with one attached hydrogen (secondary N) is 2. The van der Waals surface area contributed by atoms with E-state index in [1.165, 1.54) is 32.1 Å². The van der Waals surface area contributed by atoms with Gasteiger partial charge in [-0.15, -0.1) is 0 Å². The van der Waals surface area contributed by atoms with Gasteiger partial charge in [-0.05, 0) is 50.0 Å². The molecule has 0 saturated heterocycles. The minimum atomic E-state index is 0.481. The van der Waals surface area contributed by atoms with Crippen LogP contribution in [-0.2, 0) is 0 Å². The van der Waals surface area contributed by atoms with Crippen molar-refractivity contribution in [3.8, 4) is 5.75 Å². The van der Waals surface area contributed by atoms with E-state index < -0.39 is 0 Å². The summed E-state index contributed by atoms with van der Waals surface area (Å²) < 4.78 is 5.28. The molecule has 0 radical (unpaired) electrons. The number of benzene rings is 1. The Hall–Kier alpha value is -1.62. The van der Waals surface area contributed by atoms with Crippen LogP contribution in [0.15, 0.2) is 29.4 Å². The van der Waals surface area contributed by atoms with Crippen molar-refractivity contribution in [1.29, 1.82) is 0 Å². The summed E-state index contributed by atoms with van der Waals surface area (Å²) in [7, 11) is 1.64. The SMILES string of the molecule is COc1ccccc1NC(=S)N/N=C(\C)C1CCCCC1. The van der Waals surface area contributed by atoms with Gasteiger partial charge in [0, 0.05) is 5.71 Å². The van der Waals surface area contributed by atoms with Gasteiger partial charge in [-0.1, -0.05) is 31.4 Å². The Kier molecular flexibility index (Phi) is 5.99. The van der Waals surface area contributed by atoms with Crippen molar-refractivity contribution in [1.82, 2.24) is 5.43 Å². The summed E-state index contributed by atoms with van der Waals surface area (Å²) in [5.41, 5.74) is 4.91. The molecule has 0 aromatic heterocycles. The first-order valence-electron chi connectivity index (χ1n) is 7.45. The number of hydrogen-bond donors (Lipinski definition) is 2. The van der Waals surface area contributed by atoms with Gasteiger partial charge in [0.1, 0.15) is 5.75 Å². The molecule has 1 aliphatic carbocycles. The van der Waals surface area contributed by atoms with Crippen LogP contribution < -0.4 is 15.5 Å². The molecule has 1 aromatic carbocycles. The van der Waals surface area contributed by atoms with Crippen LogP contribution in [0.25, 0.3) is 0 Å². The Morgan fingerprint density at radius 3 is 2.67 bits per heavy atom. The highest BCUT2D eigenvalue weighted by atomic mass is 32.1. The van der Waals surface area contributed by atoms with Crippen molar-refractivity contribution in [2.24, 2.45) is 11.0 Å². The zero-order valence-corrected chi connectivity index (χ0v) is 13.5. The van der Waals surface area contributed by atoms with Crippen LogP contribution in [-0.4, -0.2) is 17.9 Å². The number of anilines is 1. The first kappa shape index (κ1) is 15.8. The molecule has 0 spiro atoms. The van der Waals surface area contributed by atoms with Gasteiger partial charge in [0.25, 0.3) is 0 Å². The molecular weight excluding hydrogens is 282 g/mol. The second-order valence-electron chi connectivity index (χ2n) is 5.35. The van der Waals surface area contributed by atoms with Crippen LogP contribution in [0.3, 0.4) is 0 Å². The average Bonchev–Trinajstić information content (AvgIpc) is 2.54. The summed E-state index contributed by atoms with van der Waals surface area (Å²) in [6.45, 7) is 2.08. The van der Waals surface area contributed by atoms with Gasteiger partial charge in [0.15, 0.2) is 5.11 Å². The third-order valence-corrected chi connectivity index (χ3v) is 4.08. The smallest absolute Gasteiger partial charge is 0.191 e. The van der Waals surface area contributed by atoms with Crippen molar-refractivity contribution >= 4 is 28.7 Å². The summed E-state index contributed by atoms with van der Waals surface area (Å²) >= 11 is 5.28. The van der Waals surface area contributed by atoms with E-state index in [0.29, 0.717) is 11.0 Å². The molecule has 1 aromatic rings. The van der Waals surface area contributed by atoms with E-state index in [2.05, 4.69) is 22.8 Å². The van der Waals surface area contributed by atoms with Gasteiger partial charge in [-0.3, -0.25) is 5.43 Å². The van der Waals surface area contributed by atoms with Crippen LogP contribution in [0.2, 0.25) is 0 Å². The van der Waals surface area contributed by atoms with Crippen LogP contribution >= 0.6 is 12.2 Å². The first-order valence-corrected chi connectivity index (χ1v) is 7.85. The Balaban J connectivity index is 1.89. The molecule has 1 aliphatic rings. The van der Waals surface area contributed by atoms with Crippen LogP contribution in [0.5, 0.6) is 5.75 Å². The van der Waals surface area contributed by atoms with E-state index in [-0.39, 0.29) is 0 Å². The lowest BCUT2D eigenvalue weighted by Crippen LogP contribution is -2.27. The molecule has 0 aliphatic heterocycles. The standard InChI is InChI=1S/C16H23N3OS/c1-12(13-8-4-3-5-9-13)18-19-16(21)17-14-10-6-7-11-15(14)20-2/h6-7,10-11,13H,3-5,8-9H2,1-2H3,(H2,17,19,21)/b18-12+. The fourth-order valence-corrected chi connectivity index (χ4v) is 2.80. The molecule has 1 saturated carbocycles. The molecule has 0 bridgehead atoms. The predicted octanol–water partition coefficient (Wildman–Crippen LogP) is 3.94. The quantitative estimate of drug-likeness (QED) is 0.502. The van der Waals surface area contributed by atoms with Crippen molar-refractivity contribution in [2.45, 2.75) is 39.0 Å². The fourth-order valence-electron chi connectivity index (χ4n) is 2.65. The zero-order valence-electron chi connectivity index (χ0n) is 12.7. The largest absolute Gasteiger partial charge is 0.495 e. The number of para-hydroxylation sites is 2. The molecule has 5 heteroatoms. The number of methoxy groups -OCH3 is 1. The Bertz CT molecular complexity index is 510. The van der Waals surface area contributed by atoms with Gasteiger partial charge in [0.05, 0.1) is 12.8 Å². The fraction of sp³-hybridized carbons (Fsp3) is 0.500. The van der Waals surface area contributed by atoms with E-state index in [1.54, 1.807) is 7.11 Å². The first-order chi connectivity index (χ1) is 10.2. The maximum Gasteiger partial charge on any atom is 0.191 e. The summed E-state index contributed by atoms with van der Waals surface area (Å²) in [5.74, 6) is 1.36. The second kappa shape index (κ2) is 7.98. The van der Waals surface area contributed by atoms with E-state index in [9.17, 15) is 0 Å². The molecule has 0 unspecified atom stereocenters. The number of thiocarbonyl (C=S) groups is 1. The summed E-state index contributed by atoms with van der Waals surface area (Å²) in [6, 6.07) is 7.67. The number of ether oxygens (including phenoxy) is 1. The molecule has 114 valence electrons. The van der Waals surface area contributed by atoms with Gasteiger partial charge < -0.3 is 10.1 Å². The third kappa shape index (κ3) is 4.70. The second-order valence-corrected chi connectivity index (χ2v) is 5.76. The highest BCUT2D eigenvalue weighted by Crippen LogP contribution is 2.25. The Morgan fingerprint density at radius 1 is 1.24 bits per heavy atom. The molecule has 0 amide bonds. The lowest BCUT2D eigenvalue weighted by Gasteiger charge is -2.21. The normalized spacial score (nSPS) is 16.4. The summed E-state index contributed by atoms with van der Waals surface area (Å²) in [5, 5.41) is 8.01. The Morgan fingerprint density at radius 2 is 1.95 bits per heavy atom. The van der Waals surface area contributed by atoms with Crippen molar-refractivity contribution in [3.05, 3.63) is 24.3 Å². The maximum atomic E-state index is 5.28. The predicted molar refractivity (Wildman–Crippen MR) is 92.0 cm³/mol. The van der Waals surface area contributed by atoms with Crippen molar-refractivity contribution in [2.75, 3.05) is 12.4 Å². The lowest BCUT2D eigenvalue weighted by molar-refractivity contribution is 0.417. The molecule has 0 heterocycles. The lowest BCUT2D eigenvalue weighted by atomic mass is 9.86. The molecule has 0 atom stereocenters. The van der Waals surface area contributed by atoms with Crippen LogP contribution in [0, 0.1) is 5.92 Å². The van der Waals surface area contributed by atoms with Crippen LogP contribution in [0.4, 0.5) is 5.69 Å². The highest BCUT2D eigenvalue weighted by Gasteiger charge is 2.16. The van der Waals surface area contributed by atoms with Crippen molar-refractivity contribution < 1.29 is 4.74 Å². The van der Waals surface area contributed by atoms with Crippen LogP contribution in [0.1, 0.15) is 39.0 Å². The average molecular weight is 305 g/mol. The molecular formula is C16H23N3OS. The van der Waals surface area contributed by atoms with Gasteiger partial charge in [-0.2, -0.15) is 5.10 Å². The summed E-state index contributed by atoms with van der Waals surface area (Å²) in [6.07, 6.45) is 6.45. The van der Waals surface area contributed by atoms with E-state index in [4.69, 9.17) is 17.0 Å². The maximum absolute atomic E-state index is 5.28. The number of hydrazone groups is 1. The topological polar surface area (TPSA) is 45.6 Å². The van der Waals surface area contributed by atoms with Gasteiger partial charge in [0.2, 0.25) is 0 Å². The number of nitrogens with zero attached hydrogens (tertiary/aromatic N) is 1. The number of hydrogen-bond acceptors (Lipinski definition) is 3. The monoisotopic (exact) mass is 305 g/mol. The van der Waals surface area contributed by atoms with E-state index in [0.717, 1.165) is 17.1 Å². The molecule has 21 heavy (non-hydrogen) atoms. The van der Waals surface area contributed by atoms with E-state index >= 15 is 0 Å². The minimum Gasteiger partial charge on any atom is -0.495 e. The van der Waals surface area contributed by atoms with E-state index in [1.807, 2.05) is 24.3 Å². The van der Waals surface area contributed by atoms with Gasteiger partial charge >= 0.3 is 0 Å².